The van der Waals surface area contributed by atoms with Crippen LogP contribution in [-0.4, -0.2) is 21.8 Å². The van der Waals surface area contributed by atoms with Crippen LogP contribution in [0.3, 0.4) is 0 Å². The first-order valence-corrected chi connectivity index (χ1v) is 4.13. The van der Waals surface area contributed by atoms with Gasteiger partial charge in [0.2, 0.25) is 11.8 Å². The first kappa shape index (κ1) is 10.4. The lowest BCUT2D eigenvalue weighted by Crippen LogP contribution is -2.24. The van der Waals surface area contributed by atoms with Crippen molar-refractivity contribution in [1.29, 1.82) is 0 Å². The molecule has 76 valence electrons. The molecule has 0 aliphatic carbocycles. The smallest absolute Gasteiger partial charge is 0.246 e. The van der Waals surface area contributed by atoms with Gasteiger partial charge in [-0.2, -0.15) is 4.98 Å². The maximum Gasteiger partial charge on any atom is 0.246 e. The van der Waals surface area contributed by atoms with Crippen LogP contribution < -0.4 is 5.32 Å². The molecular weight excluding hydrogens is 186 g/mol. The Bertz CT molecular complexity index is 345. The van der Waals surface area contributed by atoms with Gasteiger partial charge in [0.15, 0.2) is 5.82 Å². The van der Waals surface area contributed by atoms with E-state index in [1.165, 1.54) is 6.92 Å². The maximum absolute atomic E-state index is 11.0. The van der Waals surface area contributed by atoms with Gasteiger partial charge in [-0.25, -0.2) is 0 Å². The number of amides is 1. The molecule has 1 aromatic rings. The Balaban J connectivity index is 2.34. The largest absolute Gasteiger partial charge is 0.347 e. The highest BCUT2D eigenvalue weighted by Crippen LogP contribution is 1.94. The van der Waals surface area contributed by atoms with Crippen LogP contribution in [0, 0.1) is 6.92 Å². The molecule has 1 rings (SSSR count). The summed E-state index contributed by atoms with van der Waals surface area (Å²) in [4.78, 5) is 25.5. The number of hydrogen-bond acceptors (Lipinski definition) is 5. The topological polar surface area (TPSA) is 85.1 Å². The third kappa shape index (κ3) is 3.34. The maximum atomic E-state index is 11.0. The summed E-state index contributed by atoms with van der Waals surface area (Å²) in [5.41, 5.74) is 0. The van der Waals surface area contributed by atoms with Gasteiger partial charge in [0, 0.05) is 0 Å². The van der Waals surface area contributed by atoms with E-state index in [2.05, 4.69) is 15.5 Å². The van der Waals surface area contributed by atoms with Crippen LogP contribution in [0.15, 0.2) is 4.52 Å². The Labute approximate surface area is 80.7 Å². The molecule has 1 amide bonds. The molecule has 0 aliphatic heterocycles. The molecule has 0 spiro atoms. The number of aromatic nitrogens is 2. The van der Waals surface area contributed by atoms with Crippen LogP contribution in [0.25, 0.3) is 0 Å². The summed E-state index contributed by atoms with van der Waals surface area (Å²) >= 11 is 0. The fraction of sp³-hybridized carbons (Fsp3) is 0.500. The summed E-state index contributed by atoms with van der Waals surface area (Å²) in [5, 5.41) is 6.04. The lowest BCUT2D eigenvalue weighted by atomic mass is 10.3. The van der Waals surface area contributed by atoms with E-state index in [1.54, 1.807) is 6.92 Å². The highest BCUT2D eigenvalue weighted by Gasteiger charge is 2.07. The minimum Gasteiger partial charge on any atom is -0.347 e. The van der Waals surface area contributed by atoms with Crippen molar-refractivity contribution in [2.24, 2.45) is 0 Å². The predicted octanol–water partition coefficient (Wildman–Crippen LogP) is -0.0267. The molecule has 1 aromatic heterocycles. The minimum absolute atomic E-state index is 0.118. The molecule has 14 heavy (non-hydrogen) atoms. The number of hydrogen-bond donors (Lipinski definition) is 1. The molecular formula is C8H11N3O3. The van der Waals surface area contributed by atoms with E-state index in [9.17, 15) is 9.59 Å². The Hall–Kier alpha value is -1.72. The molecule has 0 aliphatic rings. The zero-order chi connectivity index (χ0) is 10.6. The van der Waals surface area contributed by atoms with Gasteiger partial charge in [0.25, 0.3) is 0 Å². The molecule has 0 saturated carbocycles. The second-order valence-electron chi connectivity index (χ2n) is 2.89. The summed E-state index contributed by atoms with van der Waals surface area (Å²) in [7, 11) is 0. The lowest BCUT2D eigenvalue weighted by Gasteiger charge is -1.98. The Morgan fingerprint density at radius 3 is 2.71 bits per heavy atom. The summed E-state index contributed by atoms with van der Waals surface area (Å²) in [5.74, 6) is 0.331. The second-order valence-corrected chi connectivity index (χ2v) is 2.89. The zero-order valence-corrected chi connectivity index (χ0v) is 8.03. The van der Waals surface area contributed by atoms with E-state index >= 15 is 0 Å². The third-order valence-electron chi connectivity index (χ3n) is 1.42. The molecule has 1 N–H and O–H groups in total. The Kier molecular flexibility index (Phi) is 3.33. The SMILES string of the molecule is CC(=O)CC(=O)NCc1nc(C)no1. The number of rotatable bonds is 4. The van der Waals surface area contributed by atoms with Gasteiger partial charge in [-0.1, -0.05) is 5.16 Å². The van der Waals surface area contributed by atoms with Crippen molar-refractivity contribution >= 4 is 11.7 Å². The summed E-state index contributed by atoms with van der Waals surface area (Å²) in [6.07, 6.45) is -0.118. The van der Waals surface area contributed by atoms with Crippen LogP contribution in [0.4, 0.5) is 0 Å². The van der Waals surface area contributed by atoms with Gasteiger partial charge in [-0.3, -0.25) is 9.59 Å². The van der Waals surface area contributed by atoms with E-state index < -0.39 is 0 Å². The Morgan fingerprint density at radius 1 is 1.50 bits per heavy atom. The van der Waals surface area contributed by atoms with E-state index in [1.807, 2.05) is 0 Å². The average molecular weight is 197 g/mol. The van der Waals surface area contributed by atoms with Crippen LogP contribution in [0.2, 0.25) is 0 Å². The molecule has 0 fully saturated rings. The van der Waals surface area contributed by atoms with Crippen molar-refractivity contribution in [3.8, 4) is 0 Å². The lowest BCUT2D eigenvalue weighted by molar-refractivity contribution is -0.127. The molecule has 0 unspecified atom stereocenters. The quantitative estimate of drug-likeness (QED) is 0.685. The van der Waals surface area contributed by atoms with Gasteiger partial charge in [-0.15, -0.1) is 0 Å². The third-order valence-corrected chi connectivity index (χ3v) is 1.42. The van der Waals surface area contributed by atoms with Gasteiger partial charge in [0.1, 0.15) is 5.78 Å². The van der Waals surface area contributed by atoms with Crippen LogP contribution >= 0.6 is 0 Å². The van der Waals surface area contributed by atoms with Gasteiger partial charge in [0.05, 0.1) is 13.0 Å². The molecule has 6 heteroatoms. The molecule has 0 bridgehead atoms. The second kappa shape index (κ2) is 4.50. The van der Waals surface area contributed by atoms with E-state index in [0.29, 0.717) is 11.7 Å². The first-order chi connectivity index (χ1) is 6.58. The summed E-state index contributed by atoms with van der Waals surface area (Å²) < 4.78 is 4.76. The van der Waals surface area contributed by atoms with Crippen molar-refractivity contribution in [1.82, 2.24) is 15.5 Å². The van der Waals surface area contributed by atoms with E-state index in [0.717, 1.165) is 0 Å². The summed E-state index contributed by atoms with van der Waals surface area (Å²) in [6, 6.07) is 0. The number of ketones is 1. The first-order valence-electron chi connectivity index (χ1n) is 4.13. The number of Topliss-reactive ketones (excluding diaryl/α,β-unsaturated/α-hetero) is 1. The zero-order valence-electron chi connectivity index (χ0n) is 8.03. The number of nitrogens with one attached hydrogen (secondary N) is 1. The average Bonchev–Trinajstić information content (AvgIpc) is 2.47. The standard InChI is InChI=1S/C8H11N3O3/c1-5(12)3-7(13)9-4-8-10-6(2)11-14-8/h3-4H2,1-2H3,(H,9,13). The monoisotopic (exact) mass is 197 g/mol. The van der Waals surface area contributed by atoms with E-state index in [4.69, 9.17) is 4.52 Å². The van der Waals surface area contributed by atoms with Gasteiger partial charge < -0.3 is 9.84 Å². The van der Waals surface area contributed by atoms with Crippen molar-refractivity contribution in [3.05, 3.63) is 11.7 Å². The molecule has 6 nitrogen and oxygen atoms in total. The van der Waals surface area contributed by atoms with Crippen LogP contribution in [0.1, 0.15) is 25.1 Å². The molecule has 0 radical (unpaired) electrons. The number of nitrogens with zero attached hydrogens (tertiary/aromatic N) is 2. The number of carbonyl (C=O) groups excluding carboxylic acids is 2. The minimum atomic E-state index is -0.339. The number of carbonyl (C=O) groups is 2. The Morgan fingerprint density at radius 2 is 2.21 bits per heavy atom. The number of aryl methyl sites for hydroxylation is 1. The fourth-order valence-electron chi connectivity index (χ4n) is 0.875. The molecule has 0 atom stereocenters. The predicted molar refractivity (Wildman–Crippen MR) is 46.2 cm³/mol. The van der Waals surface area contributed by atoms with Crippen molar-refractivity contribution in [2.45, 2.75) is 26.8 Å². The van der Waals surface area contributed by atoms with Crippen molar-refractivity contribution in [2.75, 3.05) is 0 Å². The van der Waals surface area contributed by atoms with Crippen LogP contribution in [-0.2, 0) is 16.1 Å². The molecule has 0 saturated heterocycles. The molecule has 1 heterocycles. The highest BCUT2D eigenvalue weighted by atomic mass is 16.5. The van der Waals surface area contributed by atoms with E-state index in [-0.39, 0.29) is 24.7 Å². The van der Waals surface area contributed by atoms with Gasteiger partial charge >= 0.3 is 0 Å². The van der Waals surface area contributed by atoms with Crippen molar-refractivity contribution in [3.63, 3.8) is 0 Å². The van der Waals surface area contributed by atoms with Crippen LogP contribution in [0.5, 0.6) is 0 Å². The van der Waals surface area contributed by atoms with Gasteiger partial charge in [-0.05, 0) is 13.8 Å². The normalized spacial score (nSPS) is 9.86. The summed E-state index contributed by atoms with van der Waals surface area (Å²) in [6.45, 7) is 3.20. The molecule has 0 aromatic carbocycles. The van der Waals surface area contributed by atoms with Crippen molar-refractivity contribution < 1.29 is 14.1 Å². The highest BCUT2D eigenvalue weighted by molar-refractivity contribution is 5.96. The fourth-order valence-corrected chi connectivity index (χ4v) is 0.875.